The number of phenolic OH excluding ortho intramolecular Hbond substituents is 1. The molecule has 0 unspecified atom stereocenters. The van der Waals surface area contributed by atoms with Gasteiger partial charge in [-0.3, -0.25) is 9.52 Å². The standard InChI is InChI=1S/C20H14Cl3N3O6S/c21-11-1-3-13(4-2-11)26-33(30,31)14-5-6-17(27)15(8-14)20(29)32-10-18(28)25-19-16(23)7-12(22)9-24-19/h1-9,26-27H,10H2,(H,24,25,28). The molecule has 2 aromatic carbocycles. The van der Waals surface area contributed by atoms with Crippen LogP contribution in [-0.4, -0.2) is 37.0 Å². The number of halogens is 3. The predicted molar refractivity (Wildman–Crippen MR) is 124 cm³/mol. The van der Waals surface area contributed by atoms with Crippen molar-refractivity contribution < 1.29 is 27.9 Å². The number of hydrogen-bond acceptors (Lipinski definition) is 7. The van der Waals surface area contributed by atoms with E-state index in [1.807, 2.05) is 0 Å². The number of benzene rings is 2. The summed E-state index contributed by atoms with van der Waals surface area (Å²) in [5.74, 6) is -2.42. The Morgan fingerprint density at radius 2 is 1.70 bits per heavy atom. The Bertz CT molecular complexity index is 1320. The molecule has 33 heavy (non-hydrogen) atoms. The number of esters is 1. The number of ether oxygens (including phenoxy) is 1. The van der Waals surface area contributed by atoms with E-state index in [4.69, 9.17) is 39.5 Å². The van der Waals surface area contributed by atoms with Crippen molar-refractivity contribution in [1.29, 1.82) is 0 Å². The number of hydrogen-bond donors (Lipinski definition) is 3. The number of sulfonamides is 1. The number of aromatic nitrogens is 1. The molecule has 0 spiro atoms. The number of pyridine rings is 1. The second kappa shape index (κ2) is 10.3. The first-order valence-electron chi connectivity index (χ1n) is 8.94. The van der Waals surface area contributed by atoms with Crippen molar-refractivity contribution in [3.8, 4) is 5.75 Å². The second-order valence-corrected chi connectivity index (χ2v) is 9.36. The molecule has 13 heteroatoms. The van der Waals surface area contributed by atoms with Gasteiger partial charge in [0.05, 0.1) is 14.9 Å². The van der Waals surface area contributed by atoms with E-state index in [2.05, 4.69) is 15.0 Å². The summed E-state index contributed by atoms with van der Waals surface area (Å²) in [7, 11) is -4.10. The summed E-state index contributed by atoms with van der Waals surface area (Å²) in [6.07, 6.45) is 1.26. The SMILES string of the molecule is O=C(COC(=O)c1cc(S(=O)(=O)Nc2ccc(Cl)cc2)ccc1O)Nc1ncc(Cl)cc1Cl. The number of nitrogens with one attached hydrogen (secondary N) is 2. The topological polar surface area (TPSA) is 135 Å². The number of rotatable bonds is 7. The zero-order chi connectivity index (χ0) is 24.2. The van der Waals surface area contributed by atoms with Crippen molar-refractivity contribution in [2.75, 3.05) is 16.6 Å². The van der Waals surface area contributed by atoms with E-state index in [0.29, 0.717) is 5.02 Å². The lowest BCUT2D eigenvalue weighted by Gasteiger charge is -2.11. The summed E-state index contributed by atoms with van der Waals surface area (Å²) in [5, 5.41) is 13.1. The van der Waals surface area contributed by atoms with E-state index in [0.717, 1.165) is 18.2 Å². The molecule has 3 aromatic rings. The highest BCUT2D eigenvalue weighted by Crippen LogP contribution is 2.25. The van der Waals surface area contributed by atoms with E-state index in [1.54, 1.807) is 0 Å². The Morgan fingerprint density at radius 1 is 1.00 bits per heavy atom. The van der Waals surface area contributed by atoms with Gasteiger partial charge in [0.1, 0.15) is 11.3 Å². The fourth-order valence-corrected chi connectivity index (χ4v) is 4.10. The van der Waals surface area contributed by atoms with Gasteiger partial charge >= 0.3 is 5.97 Å². The van der Waals surface area contributed by atoms with E-state index in [-0.39, 0.29) is 26.4 Å². The van der Waals surface area contributed by atoms with Gasteiger partial charge in [-0.2, -0.15) is 0 Å². The summed E-state index contributed by atoms with van der Waals surface area (Å²) in [4.78, 5) is 27.9. The van der Waals surface area contributed by atoms with Crippen LogP contribution >= 0.6 is 34.8 Å². The summed E-state index contributed by atoms with van der Waals surface area (Å²) in [5.41, 5.74) is -0.216. The molecule has 3 rings (SSSR count). The molecule has 172 valence electrons. The summed E-state index contributed by atoms with van der Waals surface area (Å²) < 4.78 is 32.4. The van der Waals surface area contributed by atoms with Crippen LogP contribution in [0.2, 0.25) is 15.1 Å². The molecular weight excluding hydrogens is 517 g/mol. The van der Waals surface area contributed by atoms with E-state index in [9.17, 15) is 23.1 Å². The lowest BCUT2D eigenvalue weighted by atomic mass is 10.2. The van der Waals surface area contributed by atoms with Gasteiger partial charge in [0.15, 0.2) is 12.4 Å². The number of amides is 1. The lowest BCUT2D eigenvalue weighted by molar-refractivity contribution is -0.119. The fourth-order valence-electron chi connectivity index (χ4n) is 2.46. The normalized spacial score (nSPS) is 11.0. The van der Waals surface area contributed by atoms with Crippen molar-refractivity contribution in [3.05, 3.63) is 75.4 Å². The van der Waals surface area contributed by atoms with Crippen LogP contribution in [0.3, 0.4) is 0 Å². The zero-order valence-electron chi connectivity index (χ0n) is 16.4. The van der Waals surface area contributed by atoms with E-state index >= 15 is 0 Å². The first-order valence-corrected chi connectivity index (χ1v) is 11.6. The van der Waals surface area contributed by atoms with Crippen molar-refractivity contribution >= 4 is 68.2 Å². The first-order chi connectivity index (χ1) is 15.5. The molecule has 3 N–H and O–H groups in total. The van der Waals surface area contributed by atoms with Gasteiger partial charge < -0.3 is 15.2 Å². The molecule has 1 heterocycles. The minimum absolute atomic E-state index is 0.00586. The quantitative estimate of drug-likeness (QED) is 0.387. The lowest BCUT2D eigenvalue weighted by Crippen LogP contribution is -2.22. The van der Waals surface area contributed by atoms with Crippen molar-refractivity contribution in [2.24, 2.45) is 0 Å². The smallest absolute Gasteiger partial charge is 0.342 e. The van der Waals surface area contributed by atoms with E-state index < -0.39 is 39.8 Å². The Kier molecular flexibility index (Phi) is 7.65. The molecule has 0 atom stereocenters. The second-order valence-electron chi connectivity index (χ2n) is 6.40. The summed E-state index contributed by atoms with van der Waals surface area (Å²) >= 11 is 17.4. The Morgan fingerprint density at radius 3 is 2.36 bits per heavy atom. The molecule has 1 aromatic heterocycles. The van der Waals surface area contributed by atoms with Crippen LogP contribution in [0.15, 0.2) is 59.6 Å². The number of carbonyl (C=O) groups excluding carboxylic acids is 2. The van der Waals surface area contributed by atoms with Gasteiger partial charge in [-0.05, 0) is 48.5 Å². The van der Waals surface area contributed by atoms with Crippen molar-refractivity contribution in [1.82, 2.24) is 4.98 Å². The average molecular weight is 531 g/mol. The van der Waals surface area contributed by atoms with Gasteiger partial charge in [-0.1, -0.05) is 34.8 Å². The largest absolute Gasteiger partial charge is 0.507 e. The molecule has 9 nitrogen and oxygen atoms in total. The van der Waals surface area contributed by atoms with Crippen LogP contribution in [-0.2, 0) is 19.6 Å². The molecule has 0 radical (unpaired) electrons. The molecule has 0 saturated heterocycles. The molecule has 0 saturated carbocycles. The molecule has 0 aliphatic carbocycles. The monoisotopic (exact) mass is 529 g/mol. The fraction of sp³-hybridized carbons (Fsp3) is 0.0500. The predicted octanol–water partition coefficient (Wildman–Crippen LogP) is 4.34. The molecule has 0 aliphatic heterocycles. The third kappa shape index (κ3) is 6.48. The minimum Gasteiger partial charge on any atom is -0.507 e. The van der Waals surface area contributed by atoms with Gasteiger partial charge in [0.2, 0.25) is 0 Å². The van der Waals surface area contributed by atoms with Gasteiger partial charge in [-0.15, -0.1) is 0 Å². The van der Waals surface area contributed by atoms with Crippen LogP contribution in [0.25, 0.3) is 0 Å². The van der Waals surface area contributed by atoms with E-state index in [1.165, 1.54) is 36.5 Å². The average Bonchev–Trinajstić information content (AvgIpc) is 2.75. The molecule has 0 aliphatic rings. The first kappa shape index (κ1) is 24.6. The highest BCUT2D eigenvalue weighted by atomic mass is 35.5. The van der Waals surface area contributed by atoms with Crippen LogP contribution in [0.5, 0.6) is 5.75 Å². The number of phenols is 1. The van der Waals surface area contributed by atoms with Crippen LogP contribution in [0, 0.1) is 0 Å². The number of carbonyl (C=O) groups is 2. The van der Waals surface area contributed by atoms with Gasteiger partial charge in [0.25, 0.3) is 15.9 Å². The maximum absolute atomic E-state index is 12.6. The van der Waals surface area contributed by atoms with Crippen LogP contribution in [0.1, 0.15) is 10.4 Å². The molecule has 1 amide bonds. The number of anilines is 2. The number of aromatic hydroxyl groups is 1. The maximum Gasteiger partial charge on any atom is 0.342 e. The van der Waals surface area contributed by atoms with Crippen LogP contribution in [0.4, 0.5) is 11.5 Å². The van der Waals surface area contributed by atoms with Gasteiger partial charge in [-0.25, -0.2) is 18.2 Å². The third-order valence-corrected chi connectivity index (χ3v) is 6.12. The Labute approximate surface area is 203 Å². The zero-order valence-corrected chi connectivity index (χ0v) is 19.5. The summed E-state index contributed by atoms with van der Waals surface area (Å²) in [6, 6.07) is 10.3. The summed E-state index contributed by atoms with van der Waals surface area (Å²) in [6.45, 7) is -0.751. The van der Waals surface area contributed by atoms with Crippen molar-refractivity contribution in [2.45, 2.75) is 4.90 Å². The molecule has 0 bridgehead atoms. The molecule has 0 fully saturated rings. The minimum atomic E-state index is -4.10. The Balaban J connectivity index is 1.69. The molecular formula is C20H14Cl3N3O6S. The highest BCUT2D eigenvalue weighted by Gasteiger charge is 2.21. The van der Waals surface area contributed by atoms with Gasteiger partial charge in [0, 0.05) is 16.9 Å². The maximum atomic E-state index is 12.6. The Hall–Kier alpha value is -3.05. The number of nitrogens with zero attached hydrogens (tertiary/aromatic N) is 1. The third-order valence-electron chi connectivity index (χ3n) is 3.99. The van der Waals surface area contributed by atoms with Crippen molar-refractivity contribution in [3.63, 3.8) is 0 Å². The van der Waals surface area contributed by atoms with Crippen LogP contribution < -0.4 is 10.0 Å². The highest BCUT2D eigenvalue weighted by molar-refractivity contribution is 7.92.